The Labute approximate surface area is 100 Å². The number of hydrogen-bond donors (Lipinski definition) is 1. The molecule has 0 fully saturated rings. The van der Waals surface area contributed by atoms with Crippen LogP contribution in [0.3, 0.4) is 0 Å². The molecule has 3 heteroatoms. The summed E-state index contributed by atoms with van der Waals surface area (Å²) in [6, 6.07) is 2.64. The number of nitrogens with one attached hydrogen (secondary N) is 1. The number of rotatable bonds is 7. The maximum Gasteiger partial charge on any atom is 0.106 e. The molecule has 0 bridgehead atoms. The highest BCUT2D eigenvalue weighted by Gasteiger charge is 2.27. The molecule has 0 radical (unpaired) electrons. The van der Waals surface area contributed by atoms with E-state index in [-0.39, 0.29) is 6.10 Å². The molecule has 0 heterocycles. The van der Waals surface area contributed by atoms with E-state index in [1.807, 2.05) is 13.8 Å². The van der Waals surface area contributed by atoms with Gasteiger partial charge in [-0.15, -0.1) is 0 Å². The highest BCUT2D eigenvalue weighted by atomic mass is 16.5. The van der Waals surface area contributed by atoms with E-state index in [1.54, 1.807) is 0 Å². The fourth-order valence-corrected chi connectivity index (χ4v) is 1.76. The molecule has 0 aromatic carbocycles. The second-order valence-corrected chi connectivity index (χ2v) is 5.48. The van der Waals surface area contributed by atoms with E-state index in [2.05, 4.69) is 39.1 Å². The van der Waals surface area contributed by atoms with Crippen LogP contribution >= 0.6 is 0 Å². The van der Waals surface area contributed by atoms with Crippen molar-refractivity contribution in [3.05, 3.63) is 0 Å². The molecule has 2 unspecified atom stereocenters. The summed E-state index contributed by atoms with van der Waals surface area (Å²) < 4.78 is 5.69. The predicted octanol–water partition coefficient (Wildman–Crippen LogP) is 2.72. The molecule has 0 amide bonds. The molecule has 0 spiro atoms. The summed E-state index contributed by atoms with van der Waals surface area (Å²) in [6.07, 6.45) is 0.826. The third-order valence-electron chi connectivity index (χ3n) is 2.26. The topological polar surface area (TPSA) is 45.0 Å². The van der Waals surface area contributed by atoms with Gasteiger partial charge in [0.1, 0.15) is 5.54 Å². The molecule has 0 saturated heterocycles. The molecule has 3 nitrogen and oxygen atoms in total. The van der Waals surface area contributed by atoms with E-state index >= 15 is 0 Å². The quantitative estimate of drug-likeness (QED) is 0.726. The van der Waals surface area contributed by atoms with E-state index in [4.69, 9.17) is 4.74 Å². The van der Waals surface area contributed by atoms with Crippen LogP contribution in [0.15, 0.2) is 0 Å². The second-order valence-electron chi connectivity index (χ2n) is 5.48. The minimum atomic E-state index is -0.495. The summed E-state index contributed by atoms with van der Waals surface area (Å²) in [5, 5.41) is 12.5. The average Bonchev–Trinajstić information content (AvgIpc) is 2.13. The van der Waals surface area contributed by atoms with Gasteiger partial charge in [-0.25, -0.2) is 0 Å². The van der Waals surface area contributed by atoms with Gasteiger partial charge < -0.3 is 4.74 Å². The lowest BCUT2D eigenvalue weighted by molar-refractivity contribution is 0.0307. The summed E-state index contributed by atoms with van der Waals surface area (Å²) in [7, 11) is 0. The zero-order valence-electron chi connectivity index (χ0n) is 11.5. The first-order chi connectivity index (χ1) is 7.29. The second kappa shape index (κ2) is 6.88. The van der Waals surface area contributed by atoms with Crippen LogP contribution in [0.25, 0.3) is 0 Å². The maximum absolute atomic E-state index is 9.19. The molecule has 0 rings (SSSR count). The Morgan fingerprint density at radius 1 is 1.25 bits per heavy atom. The molecular weight excluding hydrogens is 200 g/mol. The van der Waals surface area contributed by atoms with Crippen LogP contribution in [0.2, 0.25) is 0 Å². The lowest BCUT2D eigenvalue weighted by Crippen LogP contribution is -2.47. The predicted molar refractivity (Wildman–Crippen MR) is 67.2 cm³/mol. The van der Waals surface area contributed by atoms with Crippen LogP contribution < -0.4 is 5.32 Å². The summed E-state index contributed by atoms with van der Waals surface area (Å²) in [4.78, 5) is 0. The minimum absolute atomic E-state index is 0.110. The molecule has 0 aromatic heterocycles. The summed E-state index contributed by atoms with van der Waals surface area (Å²) >= 11 is 0. The van der Waals surface area contributed by atoms with Crippen LogP contribution in [0.5, 0.6) is 0 Å². The highest BCUT2D eigenvalue weighted by molar-refractivity contribution is 5.05. The smallest absolute Gasteiger partial charge is 0.106 e. The average molecular weight is 226 g/mol. The summed E-state index contributed by atoms with van der Waals surface area (Å²) in [5.41, 5.74) is -0.495. The summed E-state index contributed by atoms with van der Waals surface area (Å²) in [6.45, 7) is 13.1. The third-order valence-corrected chi connectivity index (χ3v) is 2.26. The van der Waals surface area contributed by atoms with Crippen LogP contribution in [0.1, 0.15) is 48.0 Å². The first kappa shape index (κ1) is 15.4. The molecule has 1 N–H and O–H groups in total. The van der Waals surface area contributed by atoms with Crippen molar-refractivity contribution in [3.8, 4) is 6.07 Å². The molecule has 0 aliphatic rings. The van der Waals surface area contributed by atoms with Crippen molar-refractivity contribution >= 4 is 0 Å². The van der Waals surface area contributed by atoms with Crippen molar-refractivity contribution in [2.75, 3.05) is 6.61 Å². The number of nitriles is 1. The lowest BCUT2D eigenvalue weighted by atomic mass is 9.95. The molecule has 2 atom stereocenters. The van der Waals surface area contributed by atoms with Crippen molar-refractivity contribution < 1.29 is 4.74 Å². The zero-order valence-corrected chi connectivity index (χ0v) is 11.5. The number of nitrogens with zero attached hydrogens (tertiary/aromatic N) is 1. The molecule has 0 aromatic rings. The van der Waals surface area contributed by atoms with E-state index in [1.165, 1.54) is 0 Å². The van der Waals surface area contributed by atoms with Gasteiger partial charge in [0.05, 0.1) is 12.2 Å². The largest absolute Gasteiger partial charge is 0.378 e. The molecule has 0 saturated carbocycles. The molecule has 0 aliphatic heterocycles. The van der Waals surface area contributed by atoms with Crippen molar-refractivity contribution in [3.63, 3.8) is 0 Å². The highest BCUT2D eigenvalue weighted by Crippen LogP contribution is 2.15. The fraction of sp³-hybridized carbons (Fsp3) is 0.923. The van der Waals surface area contributed by atoms with Gasteiger partial charge in [-0.1, -0.05) is 13.8 Å². The van der Waals surface area contributed by atoms with Gasteiger partial charge in [-0.3, -0.25) is 5.32 Å². The van der Waals surface area contributed by atoms with E-state index < -0.39 is 5.54 Å². The fourth-order valence-electron chi connectivity index (χ4n) is 1.76. The zero-order chi connectivity index (χ0) is 12.8. The van der Waals surface area contributed by atoms with Crippen molar-refractivity contribution in [2.45, 2.75) is 65.6 Å². The van der Waals surface area contributed by atoms with Gasteiger partial charge in [0.15, 0.2) is 0 Å². The molecule has 94 valence electrons. The van der Waals surface area contributed by atoms with Gasteiger partial charge in [-0.2, -0.15) is 5.26 Å². The SMILES string of the molecule is CC(C)COC(C)CC(C)(C#N)NC(C)C. The van der Waals surface area contributed by atoms with Gasteiger partial charge in [0.25, 0.3) is 0 Å². The monoisotopic (exact) mass is 226 g/mol. The Kier molecular flexibility index (Phi) is 6.62. The normalized spacial score (nSPS) is 17.2. The Bertz CT molecular complexity index is 233. The standard InChI is InChI=1S/C13H26N2O/c1-10(2)8-16-12(5)7-13(6,9-14)15-11(3)4/h10-12,15H,7-8H2,1-6H3. The molecular formula is C13H26N2O. The summed E-state index contributed by atoms with van der Waals surface area (Å²) in [5.74, 6) is 0.536. The van der Waals surface area contributed by atoms with Crippen molar-refractivity contribution in [1.82, 2.24) is 5.32 Å². The van der Waals surface area contributed by atoms with Crippen molar-refractivity contribution in [1.29, 1.82) is 5.26 Å². The van der Waals surface area contributed by atoms with Gasteiger partial charge in [-0.05, 0) is 33.6 Å². The van der Waals surface area contributed by atoms with E-state index in [0.717, 1.165) is 6.61 Å². The van der Waals surface area contributed by atoms with Crippen LogP contribution in [-0.2, 0) is 4.74 Å². The lowest BCUT2D eigenvalue weighted by Gasteiger charge is -2.29. The number of ether oxygens (including phenoxy) is 1. The van der Waals surface area contributed by atoms with Gasteiger partial charge in [0, 0.05) is 19.1 Å². The van der Waals surface area contributed by atoms with E-state index in [0.29, 0.717) is 18.4 Å². The Morgan fingerprint density at radius 3 is 2.19 bits per heavy atom. The van der Waals surface area contributed by atoms with Crippen LogP contribution in [-0.4, -0.2) is 24.3 Å². The van der Waals surface area contributed by atoms with Crippen molar-refractivity contribution in [2.24, 2.45) is 5.92 Å². The number of hydrogen-bond acceptors (Lipinski definition) is 3. The van der Waals surface area contributed by atoms with E-state index in [9.17, 15) is 5.26 Å². The maximum atomic E-state index is 9.19. The Morgan fingerprint density at radius 2 is 1.81 bits per heavy atom. The van der Waals surface area contributed by atoms with Crippen LogP contribution in [0.4, 0.5) is 0 Å². The van der Waals surface area contributed by atoms with Gasteiger partial charge in [0.2, 0.25) is 0 Å². The van der Waals surface area contributed by atoms with Crippen LogP contribution in [0, 0.1) is 17.2 Å². The Balaban J connectivity index is 4.16. The first-order valence-corrected chi connectivity index (χ1v) is 6.09. The minimum Gasteiger partial charge on any atom is -0.378 e. The third kappa shape index (κ3) is 6.81. The Hall–Kier alpha value is -0.590. The van der Waals surface area contributed by atoms with Gasteiger partial charge >= 0.3 is 0 Å². The molecule has 0 aliphatic carbocycles. The molecule has 16 heavy (non-hydrogen) atoms. The first-order valence-electron chi connectivity index (χ1n) is 6.09.